The van der Waals surface area contributed by atoms with Crippen molar-refractivity contribution in [3.63, 3.8) is 0 Å². The molecule has 0 saturated carbocycles. The second-order valence-corrected chi connectivity index (χ2v) is 4.34. The van der Waals surface area contributed by atoms with Crippen molar-refractivity contribution >= 4 is 5.97 Å². The summed E-state index contributed by atoms with van der Waals surface area (Å²) in [6, 6.07) is 10.1. The van der Waals surface area contributed by atoms with E-state index in [9.17, 15) is 9.18 Å². The number of hydrogen-bond donors (Lipinski definition) is 0. The molecule has 0 bridgehead atoms. The van der Waals surface area contributed by atoms with Crippen LogP contribution < -0.4 is 0 Å². The molecule has 20 heavy (non-hydrogen) atoms. The Morgan fingerprint density at radius 1 is 1.25 bits per heavy atom. The Bertz CT molecular complexity index is 581. The average Bonchev–Trinajstić information content (AvgIpc) is 2.47. The van der Waals surface area contributed by atoms with Crippen molar-refractivity contribution in [2.75, 3.05) is 6.61 Å². The molecule has 0 amide bonds. The largest absolute Gasteiger partial charge is 0.466 e. The van der Waals surface area contributed by atoms with Crippen molar-refractivity contribution in [3.8, 4) is 11.3 Å². The van der Waals surface area contributed by atoms with Crippen LogP contribution >= 0.6 is 0 Å². The number of ether oxygens (including phenoxy) is 1. The van der Waals surface area contributed by atoms with Crippen molar-refractivity contribution in [1.82, 2.24) is 4.98 Å². The van der Waals surface area contributed by atoms with Gasteiger partial charge in [-0.1, -0.05) is 18.2 Å². The summed E-state index contributed by atoms with van der Waals surface area (Å²) in [6.45, 7) is 2.17. The number of aryl methyl sites for hydroxylation is 1. The summed E-state index contributed by atoms with van der Waals surface area (Å²) in [4.78, 5) is 15.5. The van der Waals surface area contributed by atoms with Gasteiger partial charge in [-0.2, -0.15) is 0 Å². The maximum absolute atomic E-state index is 13.6. The summed E-state index contributed by atoms with van der Waals surface area (Å²) in [5.74, 6) is -0.509. The highest BCUT2D eigenvalue weighted by molar-refractivity contribution is 5.69. The zero-order valence-electron chi connectivity index (χ0n) is 11.3. The number of hydrogen-bond acceptors (Lipinski definition) is 3. The number of nitrogens with zero attached hydrogens (tertiary/aromatic N) is 1. The zero-order chi connectivity index (χ0) is 14.4. The second-order valence-electron chi connectivity index (χ2n) is 4.34. The lowest BCUT2D eigenvalue weighted by Gasteiger charge is -2.05. The Morgan fingerprint density at radius 3 is 2.70 bits per heavy atom. The van der Waals surface area contributed by atoms with E-state index in [1.54, 1.807) is 37.4 Å². The van der Waals surface area contributed by atoms with E-state index in [1.807, 2.05) is 6.07 Å². The van der Waals surface area contributed by atoms with E-state index in [2.05, 4.69) is 4.98 Å². The SMILES string of the molecule is CCOC(=O)CCc1ccc(-c2ccccc2F)nc1. The first-order valence-corrected chi connectivity index (χ1v) is 6.56. The monoisotopic (exact) mass is 273 g/mol. The van der Waals surface area contributed by atoms with Gasteiger partial charge < -0.3 is 4.74 Å². The maximum atomic E-state index is 13.6. The quantitative estimate of drug-likeness (QED) is 0.784. The number of carbonyl (C=O) groups is 1. The number of benzene rings is 1. The molecule has 2 rings (SSSR count). The van der Waals surface area contributed by atoms with Crippen LogP contribution in [0.5, 0.6) is 0 Å². The lowest BCUT2D eigenvalue weighted by Crippen LogP contribution is -2.05. The fraction of sp³-hybridized carbons (Fsp3) is 0.250. The van der Waals surface area contributed by atoms with Gasteiger partial charge in [-0.15, -0.1) is 0 Å². The molecule has 1 aromatic carbocycles. The molecule has 0 atom stereocenters. The van der Waals surface area contributed by atoms with Crippen LogP contribution in [0, 0.1) is 5.82 Å². The Hall–Kier alpha value is -2.23. The first kappa shape index (κ1) is 14.2. The summed E-state index contributed by atoms with van der Waals surface area (Å²) in [7, 11) is 0. The molecule has 0 unspecified atom stereocenters. The predicted octanol–water partition coefficient (Wildman–Crippen LogP) is 3.38. The highest BCUT2D eigenvalue weighted by Gasteiger charge is 2.06. The molecule has 0 aliphatic rings. The zero-order valence-corrected chi connectivity index (χ0v) is 11.3. The van der Waals surface area contributed by atoms with Gasteiger partial charge in [0.2, 0.25) is 0 Å². The molecule has 0 aliphatic carbocycles. The van der Waals surface area contributed by atoms with Gasteiger partial charge in [0, 0.05) is 18.2 Å². The Kier molecular flexibility index (Phi) is 4.82. The van der Waals surface area contributed by atoms with Crippen LogP contribution in [0.1, 0.15) is 18.9 Å². The van der Waals surface area contributed by atoms with Gasteiger partial charge in [0.05, 0.1) is 12.3 Å². The number of carbonyl (C=O) groups excluding carboxylic acids is 1. The molecule has 1 aromatic heterocycles. The third kappa shape index (κ3) is 3.63. The molecule has 0 N–H and O–H groups in total. The van der Waals surface area contributed by atoms with Gasteiger partial charge in [-0.25, -0.2) is 4.39 Å². The Balaban J connectivity index is 2.03. The average molecular weight is 273 g/mol. The van der Waals surface area contributed by atoms with E-state index >= 15 is 0 Å². The Morgan fingerprint density at radius 2 is 2.05 bits per heavy atom. The molecule has 104 valence electrons. The minimum Gasteiger partial charge on any atom is -0.466 e. The fourth-order valence-corrected chi connectivity index (χ4v) is 1.88. The molecule has 0 spiro atoms. The third-order valence-corrected chi connectivity index (χ3v) is 2.90. The number of aromatic nitrogens is 1. The van der Waals surface area contributed by atoms with Crippen molar-refractivity contribution in [2.45, 2.75) is 19.8 Å². The van der Waals surface area contributed by atoms with Gasteiger partial charge in [0.25, 0.3) is 0 Å². The van der Waals surface area contributed by atoms with E-state index < -0.39 is 0 Å². The van der Waals surface area contributed by atoms with Gasteiger partial charge in [-0.3, -0.25) is 9.78 Å². The van der Waals surface area contributed by atoms with E-state index in [1.165, 1.54) is 6.07 Å². The van der Waals surface area contributed by atoms with Crippen molar-refractivity contribution < 1.29 is 13.9 Å². The molecule has 2 aromatic rings. The van der Waals surface area contributed by atoms with Crippen LogP contribution in [0.4, 0.5) is 4.39 Å². The van der Waals surface area contributed by atoms with Gasteiger partial charge >= 0.3 is 5.97 Å². The molecule has 0 saturated heterocycles. The topological polar surface area (TPSA) is 39.2 Å². The van der Waals surface area contributed by atoms with Crippen LogP contribution in [0.3, 0.4) is 0 Å². The van der Waals surface area contributed by atoms with Gasteiger partial charge in [0.1, 0.15) is 5.82 Å². The van der Waals surface area contributed by atoms with Crippen LogP contribution in [0.2, 0.25) is 0 Å². The summed E-state index contributed by atoms with van der Waals surface area (Å²) in [6.07, 6.45) is 2.57. The first-order chi connectivity index (χ1) is 9.70. The predicted molar refractivity (Wildman–Crippen MR) is 74.6 cm³/mol. The molecule has 3 nitrogen and oxygen atoms in total. The number of rotatable bonds is 5. The maximum Gasteiger partial charge on any atom is 0.306 e. The summed E-state index contributed by atoms with van der Waals surface area (Å²) >= 11 is 0. The second kappa shape index (κ2) is 6.80. The van der Waals surface area contributed by atoms with Crippen molar-refractivity contribution in [2.24, 2.45) is 0 Å². The fourth-order valence-electron chi connectivity index (χ4n) is 1.88. The van der Waals surface area contributed by atoms with Crippen LogP contribution in [-0.4, -0.2) is 17.6 Å². The molecule has 0 radical (unpaired) electrons. The summed E-state index contributed by atoms with van der Waals surface area (Å²) < 4.78 is 18.5. The first-order valence-electron chi connectivity index (χ1n) is 6.56. The van der Waals surface area contributed by atoms with Crippen molar-refractivity contribution in [3.05, 3.63) is 54.0 Å². The van der Waals surface area contributed by atoms with E-state index in [-0.39, 0.29) is 11.8 Å². The van der Waals surface area contributed by atoms with Crippen LogP contribution in [0.15, 0.2) is 42.6 Å². The van der Waals surface area contributed by atoms with E-state index in [0.717, 1.165) is 5.56 Å². The van der Waals surface area contributed by atoms with Crippen LogP contribution in [-0.2, 0) is 16.0 Å². The Labute approximate surface area is 117 Å². The third-order valence-electron chi connectivity index (χ3n) is 2.90. The highest BCUT2D eigenvalue weighted by atomic mass is 19.1. The smallest absolute Gasteiger partial charge is 0.306 e. The van der Waals surface area contributed by atoms with Crippen molar-refractivity contribution in [1.29, 1.82) is 0 Å². The molecule has 4 heteroatoms. The van der Waals surface area contributed by atoms with Gasteiger partial charge in [0.15, 0.2) is 0 Å². The highest BCUT2D eigenvalue weighted by Crippen LogP contribution is 2.20. The molecule has 0 fully saturated rings. The lowest BCUT2D eigenvalue weighted by atomic mass is 10.1. The standard InChI is InChI=1S/C16H16FNO2/c1-2-20-16(19)10-8-12-7-9-15(18-11-12)13-5-3-4-6-14(13)17/h3-7,9,11H,2,8,10H2,1H3. The number of halogens is 1. The molecular formula is C16H16FNO2. The molecule has 1 heterocycles. The van der Waals surface area contributed by atoms with E-state index in [0.29, 0.717) is 30.7 Å². The normalized spacial score (nSPS) is 10.3. The number of pyridine rings is 1. The summed E-state index contributed by atoms with van der Waals surface area (Å²) in [5.41, 5.74) is 1.99. The molecular weight excluding hydrogens is 257 g/mol. The van der Waals surface area contributed by atoms with E-state index in [4.69, 9.17) is 4.74 Å². The minimum atomic E-state index is -0.292. The van der Waals surface area contributed by atoms with Crippen LogP contribution in [0.25, 0.3) is 11.3 Å². The number of esters is 1. The van der Waals surface area contributed by atoms with Gasteiger partial charge in [-0.05, 0) is 37.1 Å². The molecule has 0 aliphatic heterocycles. The summed E-state index contributed by atoms with van der Waals surface area (Å²) in [5, 5.41) is 0. The lowest BCUT2D eigenvalue weighted by molar-refractivity contribution is -0.143. The minimum absolute atomic E-state index is 0.217.